The van der Waals surface area contributed by atoms with E-state index in [4.69, 9.17) is 41.0 Å². The van der Waals surface area contributed by atoms with Crippen LogP contribution in [0.1, 0.15) is 41.6 Å². The summed E-state index contributed by atoms with van der Waals surface area (Å²) in [7, 11) is 2.19. The number of aliphatic imine (C=N–C) groups is 1. The molecule has 3 heterocycles. The molecule has 1 saturated heterocycles. The van der Waals surface area contributed by atoms with Crippen molar-refractivity contribution in [2.75, 3.05) is 32.4 Å². The number of carboxylic acids is 2. The van der Waals surface area contributed by atoms with Gasteiger partial charge in [-0.05, 0) is 56.5 Å². The van der Waals surface area contributed by atoms with Gasteiger partial charge in [0.15, 0.2) is 5.96 Å². The van der Waals surface area contributed by atoms with Gasteiger partial charge >= 0.3 is 11.9 Å². The lowest BCUT2D eigenvalue weighted by atomic mass is 10.00. The highest BCUT2D eigenvalue weighted by atomic mass is 32.2. The molecule has 0 radical (unpaired) electrons. The van der Waals surface area contributed by atoms with Crippen LogP contribution in [0, 0.1) is 6.92 Å². The number of nitrogens with two attached hydrogens (primary N) is 2. The van der Waals surface area contributed by atoms with E-state index >= 15 is 0 Å². The highest BCUT2D eigenvalue weighted by molar-refractivity contribution is 7.99. The number of carboxylic acid groups (broad SMARTS) is 2. The number of aromatic nitrogens is 2. The summed E-state index contributed by atoms with van der Waals surface area (Å²) in [5.74, 6) is -1.64. The number of rotatable bonds is 7. The molecule has 0 aliphatic carbocycles. The molecule has 11 nitrogen and oxygen atoms in total. The van der Waals surface area contributed by atoms with Crippen LogP contribution in [0.4, 0.5) is 0 Å². The normalized spacial score (nSPS) is 16.8. The zero-order valence-corrected chi connectivity index (χ0v) is 24.7. The Bertz CT molecular complexity index is 1400. The third-order valence-corrected chi connectivity index (χ3v) is 8.38. The number of piperidine rings is 1. The number of aliphatic carboxylic acids is 2. The van der Waals surface area contributed by atoms with E-state index in [9.17, 15) is 0 Å². The summed E-state index contributed by atoms with van der Waals surface area (Å²) in [6.45, 7) is 5.87. The molecule has 1 fully saturated rings. The fraction of sp³-hybridized carbons (Fsp3) is 0.400. The summed E-state index contributed by atoms with van der Waals surface area (Å²) >= 11 is 1.75. The van der Waals surface area contributed by atoms with Gasteiger partial charge in [0.1, 0.15) is 11.9 Å². The molecule has 42 heavy (non-hydrogen) atoms. The minimum atomic E-state index is -1.82. The fourth-order valence-corrected chi connectivity index (χ4v) is 5.94. The maximum atomic E-state index is 9.10. The van der Waals surface area contributed by atoms with Gasteiger partial charge in [-0.3, -0.25) is 4.99 Å². The van der Waals surface area contributed by atoms with E-state index in [1.807, 2.05) is 0 Å². The number of imidazole rings is 1. The van der Waals surface area contributed by atoms with E-state index < -0.39 is 11.9 Å². The predicted octanol–water partition coefficient (Wildman–Crippen LogP) is 3.14. The molecule has 5 rings (SSSR count). The fourth-order valence-electron chi connectivity index (χ4n) is 5.20. The van der Waals surface area contributed by atoms with Gasteiger partial charge in [0.05, 0.1) is 18.3 Å². The zero-order chi connectivity index (χ0) is 30.2. The Morgan fingerprint density at radius 3 is 2.36 bits per heavy atom. The number of hydrogen-bond acceptors (Lipinski definition) is 7. The predicted molar refractivity (Wildman–Crippen MR) is 163 cm³/mol. The standard InChI is InChI=1S/C28H36N6OS.C2H2O4/c1-19-25(21-7-9-23(10-8-21)36-18-14-31-28(29)30)32-27-26(35-22-12-15-33(2)16-13-22)24-6-4-3-5-20(24)11-17-34(19)27;3-1(4)2(5)6/h3-10,22,26H,11-18H2,1-2H3,(H4,29,30,31);(H,3,4)(H,5,6). The molecular weight excluding hydrogens is 556 g/mol. The Morgan fingerprint density at radius 2 is 1.71 bits per heavy atom. The number of carbonyl (C=O) groups is 2. The van der Waals surface area contributed by atoms with Crippen molar-refractivity contribution in [1.82, 2.24) is 14.5 Å². The zero-order valence-electron chi connectivity index (χ0n) is 23.9. The van der Waals surface area contributed by atoms with Crippen molar-refractivity contribution in [3.63, 3.8) is 0 Å². The van der Waals surface area contributed by atoms with Crippen LogP contribution in [0.5, 0.6) is 0 Å². The first-order chi connectivity index (χ1) is 20.1. The highest BCUT2D eigenvalue weighted by Crippen LogP contribution is 2.37. The number of thioether (sulfide) groups is 1. The summed E-state index contributed by atoms with van der Waals surface area (Å²) in [6.07, 6.45) is 3.21. The largest absolute Gasteiger partial charge is 0.473 e. The Hall–Kier alpha value is -3.87. The molecule has 1 atom stereocenters. The number of guanidine groups is 1. The maximum Gasteiger partial charge on any atom is 0.414 e. The summed E-state index contributed by atoms with van der Waals surface area (Å²) in [5.41, 5.74) is 16.8. The van der Waals surface area contributed by atoms with Crippen molar-refractivity contribution in [3.8, 4) is 11.3 Å². The molecule has 0 amide bonds. The van der Waals surface area contributed by atoms with E-state index in [1.165, 1.54) is 21.7 Å². The lowest BCUT2D eigenvalue weighted by molar-refractivity contribution is -0.159. The van der Waals surface area contributed by atoms with Crippen LogP contribution in [0.3, 0.4) is 0 Å². The quantitative estimate of drug-likeness (QED) is 0.105. The molecule has 1 aromatic heterocycles. The SMILES string of the molecule is Cc1c(-c2ccc(SCCN=C(N)N)cc2)nc2n1CCc1ccccc1C2OC1CCN(C)CC1.O=C(O)C(=O)O. The van der Waals surface area contributed by atoms with E-state index in [-0.39, 0.29) is 18.2 Å². The van der Waals surface area contributed by atoms with Crippen LogP contribution in [-0.4, -0.2) is 81.1 Å². The van der Waals surface area contributed by atoms with Crippen molar-refractivity contribution < 1.29 is 24.5 Å². The minimum absolute atomic E-state index is 0.140. The van der Waals surface area contributed by atoms with Gasteiger partial charge in [0, 0.05) is 41.5 Å². The molecule has 0 spiro atoms. The van der Waals surface area contributed by atoms with E-state index in [0.717, 1.165) is 61.7 Å². The van der Waals surface area contributed by atoms with Crippen molar-refractivity contribution in [1.29, 1.82) is 0 Å². The van der Waals surface area contributed by atoms with Gasteiger partial charge in [0.25, 0.3) is 0 Å². The van der Waals surface area contributed by atoms with Crippen LogP contribution in [-0.2, 0) is 27.3 Å². The number of ether oxygens (including phenoxy) is 1. The van der Waals surface area contributed by atoms with E-state index in [2.05, 4.69) is 77.0 Å². The van der Waals surface area contributed by atoms with Gasteiger partial charge in [0.2, 0.25) is 0 Å². The third-order valence-electron chi connectivity index (χ3n) is 7.39. The molecule has 6 N–H and O–H groups in total. The molecule has 0 bridgehead atoms. The number of fused-ring (bicyclic) bond motifs is 2. The lowest BCUT2D eigenvalue weighted by Gasteiger charge is -2.32. The molecule has 1 unspecified atom stereocenters. The van der Waals surface area contributed by atoms with Crippen molar-refractivity contribution in [3.05, 3.63) is 71.2 Å². The first kappa shape index (κ1) is 31.1. The van der Waals surface area contributed by atoms with E-state index in [1.54, 1.807) is 11.8 Å². The first-order valence-corrected chi connectivity index (χ1v) is 14.9. The number of hydrogen-bond donors (Lipinski definition) is 4. The molecule has 0 saturated carbocycles. The first-order valence-electron chi connectivity index (χ1n) is 13.9. The Balaban J connectivity index is 0.000000612. The van der Waals surface area contributed by atoms with Gasteiger partial charge < -0.3 is 35.9 Å². The van der Waals surface area contributed by atoms with Gasteiger partial charge in [-0.2, -0.15) is 0 Å². The number of benzene rings is 2. The monoisotopic (exact) mass is 594 g/mol. The van der Waals surface area contributed by atoms with Crippen LogP contribution in [0.25, 0.3) is 11.3 Å². The Labute approximate surface area is 249 Å². The number of aryl methyl sites for hydroxylation is 1. The summed E-state index contributed by atoms with van der Waals surface area (Å²) in [4.78, 5) is 31.1. The van der Waals surface area contributed by atoms with Gasteiger partial charge in [-0.15, -0.1) is 11.8 Å². The van der Waals surface area contributed by atoms with Crippen molar-refractivity contribution in [2.45, 2.75) is 49.8 Å². The second-order valence-corrected chi connectivity index (χ2v) is 11.5. The number of nitrogens with zero attached hydrogens (tertiary/aromatic N) is 4. The van der Waals surface area contributed by atoms with Gasteiger partial charge in [-0.25, -0.2) is 14.6 Å². The highest BCUT2D eigenvalue weighted by Gasteiger charge is 2.32. The molecule has 3 aromatic rings. The molecule has 2 aliphatic heterocycles. The minimum Gasteiger partial charge on any atom is -0.473 e. The Kier molecular flexibility index (Phi) is 10.6. The molecule has 12 heteroatoms. The average Bonchev–Trinajstić information content (AvgIpc) is 3.21. The molecule has 2 aromatic carbocycles. The second-order valence-electron chi connectivity index (χ2n) is 10.3. The summed E-state index contributed by atoms with van der Waals surface area (Å²) in [6, 6.07) is 17.4. The van der Waals surface area contributed by atoms with E-state index in [0.29, 0.717) is 6.54 Å². The maximum absolute atomic E-state index is 9.10. The smallest absolute Gasteiger partial charge is 0.414 e. The summed E-state index contributed by atoms with van der Waals surface area (Å²) < 4.78 is 9.25. The lowest BCUT2D eigenvalue weighted by Crippen LogP contribution is -2.35. The Morgan fingerprint density at radius 1 is 1.05 bits per heavy atom. The third kappa shape index (κ3) is 7.90. The van der Waals surface area contributed by atoms with Crippen LogP contribution in [0.2, 0.25) is 0 Å². The van der Waals surface area contributed by atoms with Crippen LogP contribution >= 0.6 is 11.8 Å². The summed E-state index contributed by atoms with van der Waals surface area (Å²) in [5, 5.41) is 14.8. The van der Waals surface area contributed by atoms with Crippen molar-refractivity contribution in [2.24, 2.45) is 16.5 Å². The van der Waals surface area contributed by atoms with Gasteiger partial charge in [-0.1, -0.05) is 36.4 Å². The van der Waals surface area contributed by atoms with Crippen LogP contribution in [0.15, 0.2) is 58.4 Å². The topological polar surface area (TPSA) is 169 Å². The average molecular weight is 595 g/mol. The molecule has 224 valence electrons. The second kappa shape index (κ2) is 14.3. The molecular formula is C30H38N6O5S. The molecule has 2 aliphatic rings. The number of likely N-dealkylation sites (tertiary alicyclic amines) is 1. The van der Waals surface area contributed by atoms with Crippen LogP contribution < -0.4 is 11.5 Å². The van der Waals surface area contributed by atoms with Crippen molar-refractivity contribution >= 4 is 29.7 Å².